The maximum Gasteiger partial charge on any atom is 0.308 e. The van der Waals surface area contributed by atoms with Crippen LogP contribution in [0.5, 0.6) is 11.5 Å². The molecule has 1 aliphatic heterocycles. The van der Waals surface area contributed by atoms with Gasteiger partial charge in [-0.1, -0.05) is 11.6 Å². The summed E-state index contributed by atoms with van der Waals surface area (Å²) in [4.78, 5) is 28.9. The van der Waals surface area contributed by atoms with Crippen LogP contribution < -0.4 is 4.74 Å². The molecule has 6 nitrogen and oxygen atoms in total. The van der Waals surface area contributed by atoms with Crippen molar-refractivity contribution in [3.8, 4) is 11.5 Å². The highest BCUT2D eigenvalue weighted by atomic mass is 35.5. The minimum Gasteiger partial charge on any atom is -0.481 e. The number of hydrogen-bond donors (Lipinski definition) is 1. The van der Waals surface area contributed by atoms with E-state index in [0.717, 1.165) is 0 Å². The molecule has 1 amide bonds. The predicted molar refractivity (Wildman–Crippen MR) is 87.4 cm³/mol. The van der Waals surface area contributed by atoms with Gasteiger partial charge in [0, 0.05) is 31.0 Å². The number of carbonyl (C=O) groups is 2. The lowest BCUT2D eigenvalue weighted by Crippen LogP contribution is -2.29. The van der Waals surface area contributed by atoms with Gasteiger partial charge in [0.05, 0.1) is 10.9 Å². The summed E-state index contributed by atoms with van der Waals surface area (Å²) in [5.74, 6) is -0.571. The number of ether oxygens (including phenoxy) is 1. The van der Waals surface area contributed by atoms with E-state index >= 15 is 0 Å². The monoisotopic (exact) mass is 346 g/mol. The van der Waals surface area contributed by atoms with Crippen LogP contribution in [0.25, 0.3) is 0 Å². The number of carbonyl (C=O) groups excluding carboxylic acids is 1. The molecule has 24 heavy (non-hydrogen) atoms. The zero-order valence-electron chi connectivity index (χ0n) is 12.7. The quantitative estimate of drug-likeness (QED) is 0.920. The van der Waals surface area contributed by atoms with E-state index in [4.69, 9.17) is 21.4 Å². The predicted octanol–water partition coefficient (Wildman–Crippen LogP) is 3.07. The number of likely N-dealkylation sites (tertiary alicyclic amines) is 1. The molecule has 1 atom stereocenters. The Morgan fingerprint density at radius 1 is 1.25 bits per heavy atom. The van der Waals surface area contributed by atoms with Crippen molar-refractivity contribution in [3.63, 3.8) is 0 Å². The van der Waals surface area contributed by atoms with Crippen LogP contribution in [-0.2, 0) is 4.79 Å². The zero-order valence-corrected chi connectivity index (χ0v) is 13.4. The summed E-state index contributed by atoms with van der Waals surface area (Å²) in [7, 11) is 0. The minimum atomic E-state index is -0.871. The van der Waals surface area contributed by atoms with Gasteiger partial charge in [0.15, 0.2) is 0 Å². The molecule has 0 spiro atoms. The Balaban J connectivity index is 1.72. The molecule has 3 rings (SSSR count). The smallest absolute Gasteiger partial charge is 0.308 e. The van der Waals surface area contributed by atoms with Crippen molar-refractivity contribution in [1.29, 1.82) is 0 Å². The zero-order chi connectivity index (χ0) is 17.1. The third kappa shape index (κ3) is 3.49. The average Bonchev–Trinajstić information content (AvgIpc) is 3.07. The molecule has 124 valence electrons. The molecule has 1 aliphatic rings. The van der Waals surface area contributed by atoms with Gasteiger partial charge in [0.2, 0.25) is 0 Å². The summed E-state index contributed by atoms with van der Waals surface area (Å²) in [5.41, 5.74) is 0.410. The largest absolute Gasteiger partial charge is 0.481 e. The van der Waals surface area contributed by atoms with E-state index in [0.29, 0.717) is 35.1 Å². The summed E-state index contributed by atoms with van der Waals surface area (Å²) in [5, 5.41) is 9.34. The van der Waals surface area contributed by atoms with E-state index in [-0.39, 0.29) is 12.5 Å². The Labute approximate surface area is 143 Å². The summed E-state index contributed by atoms with van der Waals surface area (Å²) in [6.45, 7) is 0.656. The van der Waals surface area contributed by atoms with Crippen molar-refractivity contribution in [2.45, 2.75) is 6.42 Å². The topological polar surface area (TPSA) is 79.7 Å². The van der Waals surface area contributed by atoms with Gasteiger partial charge in [-0.25, -0.2) is 0 Å². The van der Waals surface area contributed by atoms with Crippen molar-refractivity contribution in [2.75, 3.05) is 13.1 Å². The first-order valence-electron chi connectivity index (χ1n) is 7.44. The van der Waals surface area contributed by atoms with Crippen LogP contribution in [-0.4, -0.2) is 40.0 Å². The Morgan fingerprint density at radius 2 is 2.00 bits per heavy atom. The number of halogens is 1. The minimum absolute atomic E-state index is 0.223. The average molecular weight is 347 g/mol. The number of hydrogen-bond acceptors (Lipinski definition) is 4. The fraction of sp³-hybridized carbons (Fsp3) is 0.235. The first kappa shape index (κ1) is 16.3. The van der Waals surface area contributed by atoms with Gasteiger partial charge in [0.25, 0.3) is 5.91 Å². The van der Waals surface area contributed by atoms with Gasteiger partial charge in [0.1, 0.15) is 11.5 Å². The van der Waals surface area contributed by atoms with E-state index in [9.17, 15) is 9.59 Å². The lowest BCUT2D eigenvalue weighted by atomic mass is 10.1. The van der Waals surface area contributed by atoms with Gasteiger partial charge >= 0.3 is 5.97 Å². The molecule has 1 aromatic heterocycles. The highest BCUT2D eigenvalue weighted by molar-refractivity contribution is 6.32. The molecule has 1 N–H and O–H groups in total. The Kier molecular flexibility index (Phi) is 4.66. The fourth-order valence-electron chi connectivity index (χ4n) is 2.58. The van der Waals surface area contributed by atoms with E-state index in [1.807, 2.05) is 0 Å². The van der Waals surface area contributed by atoms with Crippen LogP contribution in [0.4, 0.5) is 0 Å². The second-order valence-corrected chi connectivity index (χ2v) is 5.91. The number of benzene rings is 1. The van der Waals surface area contributed by atoms with Gasteiger partial charge in [-0.2, -0.15) is 0 Å². The molecular formula is C17H15ClN2O4. The third-order valence-corrected chi connectivity index (χ3v) is 4.18. The van der Waals surface area contributed by atoms with E-state index in [2.05, 4.69) is 4.98 Å². The molecule has 7 heteroatoms. The third-order valence-electron chi connectivity index (χ3n) is 3.88. The molecule has 2 aromatic rings. The molecule has 1 fully saturated rings. The lowest BCUT2D eigenvalue weighted by Gasteiger charge is -2.16. The van der Waals surface area contributed by atoms with Crippen molar-refractivity contribution >= 4 is 23.5 Å². The Hall–Kier alpha value is -2.60. The number of amides is 1. The number of nitrogens with zero attached hydrogens (tertiary/aromatic N) is 2. The summed E-state index contributed by atoms with van der Waals surface area (Å²) >= 11 is 6.20. The number of carboxylic acid groups (broad SMARTS) is 1. The normalized spacial score (nSPS) is 16.9. The van der Waals surface area contributed by atoms with Gasteiger partial charge in [-0.15, -0.1) is 0 Å². The van der Waals surface area contributed by atoms with E-state index in [1.54, 1.807) is 36.7 Å². The van der Waals surface area contributed by atoms with E-state index in [1.165, 1.54) is 11.0 Å². The first-order valence-corrected chi connectivity index (χ1v) is 7.82. The number of carboxylic acids is 1. The van der Waals surface area contributed by atoms with Crippen LogP contribution in [0.3, 0.4) is 0 Å². The van der Waals surface area contributed by atoms with Gasteiger partial charge in [-0.3, -0.25) is 14.6 Å². The van der Waals surface area contributed by atoms with Crippen molar-refractivity contribution < 1.29 is 19.4 Å². The summed E-state index contributed by atoms with van der Waals surface area (Å²) in [6.07, 6.45) is 3.68. The van der Waals surface area contributed by atoms with Crippen LogP contribution in [0.15, 0.2) is 42.7 Å². The Bertz CT molecular complexity index is 766. The number of pyridine rings is 1. The van der Waals surface area contributed by atoms with Gasteiger partial charge < -0.3 is 14.7 Å². The second-order valence-electron chi connectivity index (χ2n) is 5.51. The lowest BCUT2D eigenvalue weighted by molar-refractivity contribution is -0.141. The number of aromatic nitrogens is 1. The van der Waals surface area contributed by atoms with Crippen LogP contribution >= 0.6 is 11.6 Å². The number of rotatable bonds is 4. The SMILES string of the molecule is O=C(O)C1CCN(C(=O)c2ccc(Oc3ccncc3)c(Cl)c2)C1. The van der Waals surface area contributed by atoms with Crippen molar-refractivity contribution in [3.05, 3.63) is 53.3 Å². The molecule has 0 bridgehead atoms. The molecule has 0 aliphatic carbocycles. The maximum atomic E-state index is 12.5. The molecule has 0 saturated carbocycles. The van der Waals surface area contributed by atoms with Crippen LogP contribution in [0.1, 0.15) is 16.8 Å². The highest BCUT2D eigenvalue weighted by Gasteiger charge is 2.31. The molecule has 0 radical (unpaired) electrons. The van der Waals surface area contributed by atoms with Gasteiger partial charge in [-0.05, 0) is 36.8 Å². The second kappa shape index (κ2) is 6.88. The Morgan fingerprint density at radius 3 is 2.62 bits per heavy atom. The first-order chi connectivity index (χ1) is 11.5. The molecular weight excluding hydrogens is 332 g/mol. The highest BCUT2D eigenvalue weighted by Crippen LogP contribution is 2.30. The van der Waals surface area contributed by atoms with Crippen LogP contribution in [0.2, 0.25) is 5.02 Å². The molecule has 2 heterocycles. The van der Waals surface area contributed by atoms with Crippen LogP contribution in [0, 0.1) is 5.92 Å². The standard InChI is InChI=1S/C17H15ClN2O4/c18-14-9-11(16(21)20-8-5-12(10-20)17(22)23)1-2-15(14)24-13-3-6-19-7-4-13/h1-4,6-7,9,12H,5,8,10H2,(H,22,23). The molecule has 1 aromatic carbocycles. The summed E-state index contributed by atoms with van der Waals surface area (Å²) < 4.78 is 5.64. The molecule has 1 saturated heterocycles. The van der Waals surface area contributed by atoms with E-state index < -0.39 is 11.9 Å². The fourth-order valence-corrected chi connectivity index (χ4v) is 2.80. The van der Waals surface area contributed by atoms with Crippen molar-refractivity contribution in [2.24, 2.45) is 5.92 Å². The van der Waals surface area contributed by atoms with Crippen molar-refractivity contribution in [1.82, 2.24) is 9.88 Å². The molecule has 1 unspecified atom stereocenters. The maximum absolute atomic E-state index is 12.5. The number of aliphatic carboxylic acids is 1. The summed E-state index contributed by atoms with van der Waals surface area (Å²) in [6, 6.07) is 8.19.